The Hall–Kier alpha value is -14.8. The number of hydrogen-bond donors (Lipinski definition) is 9. The highest BCUT2D eigenvalue weighted by Gasteiger charge is 2.33. The largest absolute Gasteiger partial charge is 0.433 e. The molecule has 12 aromatic heterocycles. The van der Waals surface area contributed by atoms with Crippen molar-refractivity contribution in [1.82, 2.24) is 106 Å². The molecule has 0 saturated heterocycles. The summed E-state index contributed by atoms with van der Waals surface area (Å²) in [5.74, 6) is -0.194. The van der Waals surface area contributed by atoms with Gasteiger partial charge >= 0.3 is 6.18 Å². The molecule has 0 bridgehead atoms. The summed E-state index contributed by atoms with van der Waals surface area (Å²) in [5, 5.41) is 28.0. The molecule has 16 aromatic rings. The molecule has 9 N–H and O–H groups in total. The Morgan fingerprint density at radius 1 is 0.353 bits per heavy atom. The van der Waals surface area contributed by atoms with E-state index in [0.29, 0.717) is 88.7 Å². The highest BCUT2D eigenvalue weighted by Crippen LogP contribution is 2.37. The van der Waals surface area contributed by atoms with Gasteiger partial charge in [0.2, 0.25) is 0 Å². The second kappa shape index (κ2) is 48.8. The average molecular weight is 1970 g/mol. The minimum Gasteiger partial charge on any atom is -0.370 e. The number of nitrogens with zero attached hydrogens (tertiary/aromatic N) is 17. The van der Waals surface area contributed by atoms with Crippen molar-refractivity contribution in [2.75, 3.05) is 87.5 Å². The van der Waals surface area contributed by atoms with Crippen molar-refractivity contribution in [3.63, 3.8) is 0 Å². The second-order valence-electron chi connectivity index (χ2n) is 31.9. The van der Waals surface area contributed by atoms with E-state index in [4.69, 9.17) is 0 Å². The Morgan fingerprint density at radius 3 is 1.07 bits per heavy atom. The zero-order valence-electron chi connectivity index (χ0n) is 76.9. The van der Waals surface area contributed by atoms with Crippen molar-refractivity contribution in [2.45, 2.75) is 84.2 Å². The molecular weight excluding hydrogens is 1870 g/mol. The summed E-state index contributed by atoms with van der Waals surface area (Å²) in [5.41, 5.74) is 11.6. The van der Waals surface area contributed by atoms with Crippen LogP contribution in [0.25, 0.3) is 88.6 Å². The van der Waals surface area contributed by atoms with Crippen LogP contribution in [0.1, 0.15) is 145 Å². The lowest BCUT2D eigenvalue weighted by atomic mass is 9.95. The number of rotatable bonds is 27. The van der Waals surface area contributed by atoms with Gasteiger partial charge < -0.3 is 47.9 Å². The van der Waals surface area contributed by atoms with E-state index in [0.717, 1.165) is 115 Å². The lowest BCUT2D eigenvalue weighted by Gasteiger charge is -2.17. The predicted molar refractivity (Wildman–Crippen MR) is 544 cm³/mol. The van der Waals surface area contributed by atoms with Crippen LogP contribution in [0.2, 0.25) is 0 Å². The fourth-order valence-electron chi connectivity index (χ4n) is 14.9. The van der Waals surface area contributed by atoms with Crippen molar-refractivity contribution < 1.29 is 49.9 Å². The predicted octanol–water partition coefficient (Wildman–Crippen LogP) is 17.5. The van der Waals surface area contributed by atoms with Crippen molar-refractivity contribution in [3.8, 4) is 45.0 Å². The van der Waals surface area contributed by atoms with Crippen molar-refractivity contribution in [3.05, 3.63) is 300 Å². The van der Waals surface area contributed by atoms with Gasteiger partial charge in [0.1, 0.15) is 77.6 Å². The molecule has 139 heavy (non-hydrogen) atoms. The Balaban J connectivity index is 0.000000189. The molecule has 0 aliphatic heterocycles. The van der Waals surface area contributed by atoms with Gasteiger partial charge in [-0.15, -0.1) is 0 Å². The number of carbonyl (C=O) groups is 4. The molecule has 0 spiro atoms. The molecule has 0 radical (unpaired) electrons. The van der Waals surface area contributed by atoms with Crippen molar-refractivity contribution in [1.29, 1.82) is 0 Å². The first-order chi connectivity index (χ1) is 65.2. The van der Waals surface area contributed by atoms with Crippen molar-refractivity contribution >= 4 is 150 Å². The van der Waals surface area contributed by atoms with Crippen molar-refractivity contribution in [2.24, 2.45) is 5.92 Å². The summed E-state index contributed by atoms with van der Waals surface area (Å²) in [6.45, 7) is 14.7. The maximum atomic E-state index is 14.6. The van der Waals surface area contributed by atoms with E-state index in [9.17, 15) is 49.9 Å². The summed E-state index contributed by atoms with van der Waals surface area (Å²) in [7, 11) is 5.95. The first kappa shape index (κ1) is 106. The number of anilines is 5. The standard InChI is InChI=1S/C27H29N7O.C24H21F3N6O.C24H22F2N6O.C23H21F2N7O.4H2S/c1-17(20-4-3-5-21-22(27(35)28-2)10-11-29-26(20)21)13-30-25-12-23(33-16-34-25)19-8-9-24(32-15-19)31-14-18-6-7-18;1-14(16-4-3-5-17-18(23(34)28-2)8-9-29-22(16)17)11-31-21-10-19(32-13-33-21)15-6-7-20(30-12-15)24(25,26)27;1-13(9-29-20-8-19(31-12-32-20)15-5-4-14(2)28-10-15)16-6-7-17(25)21-22(24(33)27-3)18(26)11-30-23(16)21;1-12(7-29-19-6-18(31-11-32-19)14-8-27-13(2)28-9-14)15-4-5-16(24)20-21(23(33)26-3)17(25)10-30-22(15)20;;;;/h3-5,8-12,15-18H,6-7,13-14H2,1-2H3,(H,28,35)(H,31,32)(H,30,33,34);3-10,12-14H,11H2,1-2H3,(H,28,34)(H,31,32,33);4-8,10-13H,9H2,1-3H3,(H,27,33)(H,29,31,32);4-6,8-12H,7H2,1-3H3,(H,26,33)(H,29,31,32);4*1H2/t17-;14-;13-;12-;;;;/m1111..../s1. The molecule has 1 saturated carbocycles. The topological polar surface area (TPSA) is 396 Å². The smallest absolute Gasteiger partial charge is 0.370 e. The number of hydrogen-bond acceptors (Lipinski definition) is 26. The maximum absolute atomic E-state index is 14.6. The SMILES string of the molecule is CNC(=O)c1c(F)cnc2c([C@H](C)CNc3cc(-c4ccc(C)nc4)ncn3)ccc(F)c12.CNC(=O)c1c(F)cnc2c([C@H](C)CNc3cc(-c4cnc(C)nc4)ncn3)ccc(F)c12.CNC(=O)c1ccnc2c([C@H](C)CNc3cc(-c4ccc(C(F)(F)F)nc4)ncn3)cccc12.CNC(=O)c1ccnc2c([C@H](C)CNc3cc(-c4ccc(NCC5CC5)nc4)ncn3)cccc12.S.S.S.S. The Bertz CT molecular complexity index is 6790. The number of pyridine rings is 7. The van der Waals surface area contributed by atoms with Crippen LogP contribution in [0.15, 0.2) is 215 Å². The number of amides is 4. The van der Waals surface area contributed by atoms with E-state index in [1.165, 1.54) is 64.1 Å². The van der Waals surface area contributed by atoms with Gasteiger partial charge in [0.15, 0.2) is 11.6 Å². The van der Waals surface area contributed by atoms with E-state index in [1.54, 1.807) is 94.7 Å². The number of aromatic nitrogens is 17. The molecule has 4 aromatic carbocycles. The molecule has 12 heterocycles. The number of alkyl halides is 3. The molecule has 4 atom stereocenters. The molecule has 17 rings (SSSR count). The quantitative estimate of drug-likeness (QED) is 0.0216. The fraction of sp³-hybridized carbons (Fsp3) is 0.235. The first-order valence-electron chi connectivity index (χ1n) is 43.0. The van der Waals surface area contributed by atoms with Crippen LogP contribution in [-0.2, 0) is 6.18 Å². The molecular formula is C98H101F7N26O4S4. The third kappa shape index (κ3) is 26.1. The highest BCUT2D eigenvalue weighted by atomic mass is 32.1. The van der Waals surface area contributed by atoms with Crippen LogP contribution in [0.5, 0.6) is 0 Å². The zero-order chi connectivity index (χ0) is 95.6. The number of carbonyl (C=O) groups excluding carboxylic acids is 4. The molecule has 30 nitrogen and oxygen atoms in total. The third-order valence-corrected chi connectivity index (χ3v) is 22.5. The molecule has 4 amide bonds. The minimum atomic E-state index is -4.50. The number of halogens is 7. The zero-order valence-corrected chi connectivity index (χ0v) is 80.9. The molecule has 1 aliphatic carbocycles. The van der Waals surface area contributed by atoms with Gasteiger partial charge in [-0.3, -0.25) is 49.1 Å². The highest BCUT2D eigenvalue weighted by molar-refractivity contribution is 7.59. The Morgan fingerprint density at radius 2 is 0.719 bits per heavy atom. The van der Waals surface area contributed by atoms with Gasteiger partial charge in [-0.1, -0.05) is 76.2 Å². The van der Waals surface area contributed by atoms with E-state index < -0.39 is 47.0 Å². The van der Waals surface area contributed by atoms with Gasteiger partial charge in [-0.2, -0.15) is 67.2 Å². The maximum Gasteiger partial charge on any atom is 0.433 e. The molecule has 41 heteroatoms. The normalized spacial score (nSPS) is 12.2. The molecule has 720 valence electrons. The number of aryl methyl sites for hydroxylation is 2. The van der Waals surface area contributed by atoms with Gasteiger partial charge in [-0.25, -0.2) is 72.4 Å². The third-order valence-electron chi connectivity index (χ3n) is 22.5. The Labute approximate surface area is 823 Å². The molecule has 0 unspecified atom stereocenters. The fourth-order valence-corrected chi connectivity index (χ4v) is 14.9. The number of benzene rings is 4. The lowest BCUT2D eigenvalue weighted by Crippen LogP contribution is -2.21. The number of fused-ring (bicyclic) bond motifs is 4. The van der Waals surface area contributed by atoms with Crippen LogP contribution in [0.4, 0.5) is 59.8 Å². The van der Waals surface area contributed by atoms with Gasteiger partial charge in [0.05, 0.1) is 90.3 Å². The molecule has 1 aliphatic rings. The lowest BCUT2D eigenvalue weighted by molar-refractivity contribution is -0.141. The average Bonchev–Trinajstić information content (AvgIpc) is 0.965. The number of nitrogens with one attached hydrogen (secondary N) is 9. The monoisotopic (exact) mass is 1970 g/mol. The van der Waals surface area contributed by atoms with Crippen LogP contribution in [0.3, 0.4) is 0 Å². The van der Waals surface area contributed by atoms with Gasteiger partial charge in [0, 0.05) is 191 Å². The Kier molecular flexibility index (Phi) is 37.3. The van der Waals surface area contributed by atoms with Crippen LogP contribution < -0.4 is 47.9 Å². The summed E-state index contributed by atoms with van der Waals surface area (Å²) in [6, 6.07) is 38.1. The van der Waals surface area contributed by atoms with E-state index in [1.807, 2.05) is 101 Å². The van der Waals surface area contributed by atoms with Crippen LogP contribution in [-0.4, -0.2) is 169 Å². The first-order valence-corrected chi connectivity index (χ1v) is 43.0. The summed E-state index contributed by atoms with van der Waals surface area (Å²) in [4.78, 5) is 121. The van der Waals surface area contributed by atoms with Gasteiger partial charge in [0.25, 0.3) is 23.6 Å². The summed E-state index contributed by atoms with van der Waals surface area (Å²) < 4.78 is 96.1. The van der Waals surface area contributed by atoms with E-state index in [2.05, 4.69) is 146 Å². The van der Waals surface area contributed by atoms with Crippen LogP contribution in [0, 0.1) is 43.0 Å². The minimum absolute atomic E-state index is 0. The van der Waals surface area contributed by atoms with Crippen LogP contribution >= 0.6 is 54.0 Å². The second-order valence-corrected chi connectivity index (χ2v) is 31.9. The number of para-hydroxylation sites is 2. The van der Waals surface area contributed by atoms with Gasteiger partial charge in [-0.05, 0) is 116 Å². The summed E-state index contributed by atoms with van der Waals surface area (Å²) >= 11 is 0. The van der Waals surface area contributed by atoms with E-state index in [-0.39, 0.29) is 122 Å². The summed E-state index contributed by atoms with van der Waals surface area (Å²) in [6.07, 6.45) is 17.3. The molecule has 1 fully saturated rings. The van der Waals surface area contributed by atoms with E-state index >= 15 is 0 Å².